The normalized spacial score (nSPS) is 15.9. The van der Waals surface area contributed by atoms with Crippen molar-refractivity contribution in [3.8, 4) is 5.75 Å². The molecule has 196 valence electrons. The number of nitrogens with one attached hydrogen (secondary N) is 2. The van der Waals surface area contributed by atoms with Crippen molar-refractivity contribution in [3.05, 3.63) is 45.2 Å². The Labute approximate surface area is 220 Å². The Kier molecular flexibility index (Phi) is 8.79. The lowest BCUT2D eigenvalue weighted by Crippen LogP contribution is -2.44. The molecule has 9 nitrogen and oxygen atoms in total. The van der Waals surface area contributed by atoms with Gasteiger partial charge in [0.1, 0.15) is 17.0 Å². The molecule has 11 heteroatoms. The third-order valence-corrected chi connectivity index (χ3v) is 6.52. The first kappa shape index (κ1) is 27.7. The van der Waals surface area contributed by atoms with E-state index in [9.17, 15) is 14.4 Å². The van der Waals surface area contributed by atoms with Crippen LogP contribution >= 0.6 is 23.2 Å². The fourth-order valence-corrected chi connectivity index (χ4v) is 4.22. The van der Waals surface area contributed by atoms with Crippen LogP contribution in [-0.2, 0) is 9.47 Å². The van der Waals surface area contributed by atoms with Crippen LogP contribution in [0.15, 0.2) is 18.2 Å². The highest BCUT2D eigenvalue weighted by Gasteiger charge is 2.28. The van der Waals surface area contributed by atoms with Crippen molar-refractivity contribution < 1.29 is 28.6 Å². The Balaban J connectivity index is 1.76. The number of aromatic nitrogens is 1. The number of H-pyrrole nitrogens is 1. The van der Waals surface area contributed by atoms with Crippen molar-refractivity contribution in [2.45, 2.75) is 46.1 Å². The minimum atomic E-state index is -0.577. The molecule has 1 atom stereocenters. The highest BCUT2D eigenvalue weighted by atomic mass is 35.5. The molecule has 1 aliphatic rings. The van der Waals surface area contributed by atoms with Crippen molar-refractivity contribution in [2.75, 3.05) is 32.1 Å². The molecule has 1 fully saturated rings. The Morgan fingerprint density at radius 3 is 2.53 bits per heavy atom. The summed E-state index contributed by atoms with van der Waals surface area (Å²) in [5.74, 6) is -0.734. The molecule has 0 bridgehead atoms. The van der Waals surface area contributed by atoms with Gasteiger partial charge in [-0.3, -0.25) is 4.79 Å². The van der Waals surface area contributed by atoms with Gasteiger partial charge in [0.05, 0.1) is 35.0 Å². The zero-order valence-electron chi connectivity index (χ0n) is 21.0. The van der Waals surface area contributed by atoms with Gasteiger partial charge in [-0.05, 0) is 58.7 Å². The molecule has 2 aromatic rings. The number of aryl methyl sites for hydroxylation is 1. The largest absolute Gasteiger partial charge is 0.491 e. The van der Waals surface area contributed by atoms with Crippen LogP contribution in [0.2, 0.25) is 10.0 Å². The van der Waals surface area contributed by atoms with Gasteiger partial charge in [0.2, 0.25) is 0 Å². The summed E-state index contributed by atoms with van der Waals surface area (Å²) in [6.07, 6.45) is 1.31. The van der Waals surface area contributed by atoms with E-state index in [1.807, 2.05) is 20.8 Å². The van der Waals surface area contributed by atoms with Gasteiger partial charge in [-0.15, -0.1) is 0 Å². The number of amides is 2. The predicted octanol–water partition coefficient (Wildman–Crippen LogP) is 5.69. The van der Waals surface area contributed by atoms with Gasteiger partial charge in [-0.2, -0.15) is 0 Å². The number of hydrogen-bond donors (Lipinski definition) is 2. The van der Waals surface area contributed by atoms with Crippen LogP contribution in [0.4, 0.5) is 10.5 Å². The third-order valence-electron chi connectivity index (χ3n) is 5.58. The van der Waals surface area contributed by atoms with E-state index >= 15 is 0 Å². The van der Waals surface area contributed by atoms with Gasteiger partial charge in [-0.1, -0.05) is 23.2 Å². The maximum absolute atomic E-state index is 12.9. The van der Waals surface area contributed by atoms with Crippen LogP contribution in [0.1, 0.15) is 60.2 Å². The van der Waals surface area contributed by atoms with Crippen molar-refractivity contribution in [2.24, 2.45) is 5.92 Å². The number of carbonyl (C=O) groups excluding carboxylic acids is 3. The molecule has 3 rings (SSSR count). The fraction of sp³-hybridized carbons (Fsp3) is 0.480. The van der Waals surface area contributed by atoms with Crippen LogP contribution < -0.4 is 10.1 Å². The maximum atomic E-state index is 12.9. The second-order valence-corrected chi connectivity index (χ2v) is 10.4. The lowest BCUT2D eigenvalue weighted by molar-refractivity contribution is 0.0139. The van der Waals surface area contributed by atoms with Crippen LogP contribution in [0, 0.1) is 12.8 Å². The van der Waals surface area contributed by atoms with Crippen LogP contribution in [-0.4, -0.2) is 60.3 Å². The lowest BCUT2D eigenvalue weighted by Gasteiger charge is -2.34. The smallest absolute Gasteiger partial charge is 0.410 e. The number of likely N-dealkylation sites (tertiary alicyclic amines) is 1. The molecule has 0 spiro atoms. The number of esters is 1. The number of methoxy groups -OCH3 is 1. The number of piperidine rings is 1. The van der Waals surface area contributed by atoms with Crippen molar-refractivity contribution in [1.29, 1.82) is 0 Å². The summed E-state index contributed by atoms with van der Waals surface area (Å²) >= 11 is 12.3. The molecule has 0 aliphatic carbocycles. The monoisotopic (exact) mass is 539 g/mol. The van der Waals surface area contributed by atoms with E-state index in [4.69, 9.17) is 37.4 Å². The van der Waals surface area contributed by atoms with E-state index in [1.165, 1.54) is 19.2 Å². The molecule has 1 aromatic heterocycles. The molecule has 2 heterocycles. The third kappa shape index (κ3) is 6.85. The average Bonchev–Trinajstić information content (AvgIpc) is 3.09. The number of rotatable bonds is 6. The summed E-state index contributed by atoms with van der Waals surface area (Å²) in [7, 11) is 1.28. The second kappa shape index (κ2) is 11.4. The maximum Gasteiger partial charge on any atom is 0.410 e. The van der Waals surface area contributed by atoms with E-state index in [0.717, 1.165) is 12.8 Å². The van der Waals surface area contributed by atoms with Gasteiger partial charge < -0.3 is 29.4 Å². The Morgan fingerprint density at radius 1 is 1.19 bits per heavy atom. The molecule has 2 amide bonds. The average molecular weight is 540 g/mol. The minimum absolute atomic E-state index is 0.0379. The molecule has 1 aliphatic heterocycles. The number of nitrogens with zero attached hydrogens (tertiary/aromatic N) is 1. The summed E-state index contributed by atoms with van der Waals surface area (Å²) < 4.78 is 16.4. The predicted molar refractivity (Wildman–Crippen MR) is 137 cm³/mol. The zero-order chi connectivity index (χ0) is 26.6. The Morgan fingerprint density at radius 2 is 1.92 bits per heavy atom. The molecular weight excluding hydrogens is 509 g/mol. The van der Waals surface area contributed by atoms with Gasteiger partial charge in [0, 0.05) is 24.7 Å². The number of aromatic amines is 1. The van der Waals surface area contributed by atoms with Gasteiger partial charge >= 0.3 is 12.1 Å². The fourth-order valence-electron chi connectivity index (χ4n) is 3.80. The standard InChI is InChI=1S/C25H31Cl2N3O6/c1-14-19(26)20(27)21(28-14)22(31)29-17-9-8-16(23(32)34-5)11-18(17)35-13-15-7-6-10-30(12-15)24(33)36-25(2,3)4/h8-9,11,15,28H,6-7,10,12-13H2,1-5H3,(H,29,31). The van der Waals surface area contributed by atoms with Gasteiger partial charge in [0.25, 0.3) is 5.91 Å². The molecule has 2 N–H and O–H groups in total. The molecule has 36 heavy (non-hydrogen) atoms. The number of hydrogen-bond acceptors (Lipinski definition) is 6. The first-order valence-electron chi connectivity index (χ1n) is 11.6. The van der Waals surface area contributed by atoms with E-state index < -0.39 is 17.5 Å². The van der Waals surface area contributed by atoms with Crippen LogP contribution in [0.3, 0.4) is 0 Å². The minimum Gasteiger partial charge on any atom is -0.491 e. The quantitative estimate of drug-likeness (QED) is 0.456. The van der Waals surface area contributed by atoms with Gasteiger partial charge in [0.15, 0.2) is 0 Å². The summed E-state index contributed by atoms with van der Waals surface area (Å²) in [5, 5.41) is 3.14. The Bertz CT molecular complexity index is 1140. The summed E-state index contributed by atoms with van der Waals surface area (Å²) in [6.45, 7) is 8.54. The van der Waals surface area contributed by atoms with Gasteiger partial charge in [-0.25, -0.2) is 9.59 Å². The second-order valence-electron chi connectivity index (χ2n) is 9.66. The molecular formula is C25H31Cl2N3O6. The first-order chi connectivity index (χ1) is 16.9. The van der Waals surface area contributed by atoms with Crippen LogP contribution in [0.25, 0.3) is 0 Å². The molecule has 1 aromatic carbocycles. The Hall–Kier alpha value is -2.91. The number of ether oxygens (including phenoxy) is 3. The molecule has 0 saturated carbocycles. The van der Waals surface area contributed by atoms with E-state index in [-0.39, 0.29) is 45.7 Å². The van der Waals surface area contributed by atoms with E-state index in [0.29, 0.717) is 24.5 Å². The number of anilines is 1. The highest BCUT2D eigenvalue weighted by molar-refractivity contribution is 6.44. The summed E-state index contributed by atoms with van der Waals surface area (Å²) in [5.41, 5.74) is 0.707. The number of halogens is 2. The molecule has 1 saturated heterocycles. The van der Waals surface area contributed by atoms with Crippen molar-refractivity contribution >= 4 is 46.9 Å². The summed E-state index contributed by atoms with van der Waals surface area (Å²) in [4.78, 5) is 42.0. The van der Waals surface area contributed by atoms with E-state index in [1.54, 1.807) is 17.9 Å². The van der Waals surface area contributed by atoms with Crippen LogP contribution in [0.5, 0.6) is 5.75 Å². The molecule has 1 unspecified atom stereocenters. The topological polar surface area (TPSA) is 110 Å². The van der Waals surface area contributed by atoms with E-state index in [2.05, 4.69) is 10.3 Å². The van der Waals surface area contributed by atoms with Crippen molar-refractivity contribution in [3.63, 3.8) is 0 Å². The number of carbonyl (C=O) groups is 3. The number of benzene rings is 1. The SMILES string of the molecule is COC(=O)c1ccc(NC(=O)c2[nH]c(C)c(Cl)c2Cl)c(OCC2CCCN(C(=O)OC(C)(C)C)C2)c1. The molecule has 0 radical (unpaired) electrons. The highest BCUT2D eigenvalue weighted by Crippen LogP contribution is 2.32. The summed E-state index contributed by atoms with van der Waals surface area (Å²) in [6, 6.07) is 4.58. The zero-order valence-corrected chi connectivity index (χ0v) is 22.5. The first-order valence-corrected chi connectivity index (χ1v) is 12.3. The van der Waals surface area contributed by atoms with Crippen molar-refractivity contribution in [1.82, 2.24) is 9.88 Å². The lowest BCUT2D eigenvalue weighted by atomic mass is 9.99.